The second-order valence-corrected chi connectivity index (χ2v) is 7.91. The van der Waals surface area contributed by atoms with E-state index in [9.17, 15) is 4.79 Å². The zero-order chi connectivity index (χ0) is 18.8. The molecule has 1 aliphatic rings. The van der Waals surface area contributed by atoms with Crippen LogP contribution in [0.15, 0.2) is 35.2 Å². The van der Waals surface area contributed by atoms with E-state index < -0.39 is 0 Å². The van der Waals surface area contributed by atoms with Gasteiger partial charge in [0.05, 0.1) is 19.1 Å². The maximum Gasteiger partial charge on any atom is 0.263 e. The van der Waals surface area contributed by atoms with Crippen LogP contribution in [0.1, 0.15) is 5.56 Å². The van der Waals surface area contributed by atoms with Gasteiger partial charge in [0.2, 0.25) is 0 Å². The number of thiocarbonyl (C=S) groups is 1. The van der Waals surface area contributed by atoms with Crippen LogP contribution in [0.4, 0.5) is 0 Å². The average Bonchev–Trinajstić information content (AvgIpc) is 2.90. The molecule has 0 bridgehead atoms. The molecular formula is C18H13Cl2NO3S2. The van der Waals surface area contributed by atoms with Gasteiger partial charge in [0, 0.05) is 15.6 Å². The van der Waals surface area contributed by atoms with Gasteiger partial charge in [-0.25, -0.2) is 0 Å². The summed E-state index contributed by atoms with van der Waals surface area (Å²) in [5.41, 5.74) is 2.28. The number of benzene rings is 2. The summed E-state index contributed by atoms with van der Waals surface area (Å²) >= 11 is 18.5. The lowest BCUT2D eigenvalue weighted by atomic mass is 10.0. The van der Waals surface area contributed by atoms with E-state index in [1.165, 1.54) is 11.8 Å². The van der Waals surface area contributed by atoms with Crippen LogP contribution in [0, 0.1) is 0 Å². The molecule has 1 aliphatic heterocycles. The molecule has 0 radical (unpaired) electrons. The summed E-state index contributed by atoms with van der Waals surface area (Å²) in [5, 5.41) is 3.61. The lowest BCUT2D eigenvalue weighted by Gasteiger charge is -2.15. The number of rotatable bonds is 4. The van der Waals surface area contributed by atoms with Gasteiger partial charge in [-0.15, -0.1) is 0 Å². The third-order valence-corrected chi connectivity index (χ3v) is 5.21. The average molecular weight is 426 g/mol. The summed E-state index contributed by atoms with van der Waals surface area (Å²) in [6, 6.07) is 8.90. The molecular weight excluding hydrogens is 413 g/mol. The van der Waals surface area contributed by atoms with Gasteiger partial charge in [-0.05, 0) is 47.5 Å². The second-order valence-electron chi connectivity index (χ2n) is 5.31. The maximum absolute atomic E-state index is 11.9. The molecule has 8 heteroatoms. The van der Waals surface area contributed by atoms with Crippen molar-refractivity contribution in [3.05, 3.63) is 50.8 Å². The van der Waals surface area contributed by atoms with Gasteiger partial charge in [0.25, 0.3) is 5.91 Å². The normalized spacial score (nSPS) is 15.3. The minimum atomic E-state index is -0.220. The summed E-state index contributed by atoms with van der Waals surface area (Å²) in [6.07, 6.45) is 1.75. The summed E-state index contributed by atoms with van der Waals surface area (Å²) in [7, 11) is 3.11. The molecule has 1 N–H and O–H groups in total. The van der Waals surface area contributed by atoms with E-state index in [0.29, 0.717) is 30.8 Å². The summed E-state index contributed by atoms with van der Waals surface area (Å²) in [5.74, 6) is 0.855. The summed E-state index contributed by atoms with van der Waals surface area (Å²) in [4.78, 5) is 12.4. The highest BCUT2D eigenvalue weighted by Crippen LogP contribution is 2.41. The Hall–Kier alpha value is -1.73. The van der Waals surface area contributed by atoms with E-state index in [0.717, 1.165) is 16.7 Å². The quantitative estimate of drug-likeness (QED) is 0.540. The van der Waals surface area contributed by atoms with Crippen molar-refractivity contribution in [2.75, 3.05) is 14.2 Å². The molecule has 26 heavy (non-hydrogen) atoms. The Kier molecular flexibility index (Phi) is 5.77. The molecule has 1 amide bonds. The van der Waals surface area contributed by atoms with Crippen LogP contribution in [0.2, 0.25) is 10.0 Å². The van der Waals surface area contributed by atoms with Gasteiger partial charge in [-0.3, -0.25) is 4.79 Å². The molecule has 0 unspecified atom stereocenters. The molecule has 0 aliphatic carbocycles. The van der Waals surface area contributed by atoms with Crippen LogP contribution in [0.25, 0.3) is 17.2 Å². The van der Waals surface area contributed by atoms with E-state index in [1.807, 2.05) is 6.07 Å². The van der Waals surface area contributed by atoms with E-state index in [4.69, 9.17) is 44.9 Å². The van der Waals surface area contributed by atoms with Crippen LogP contribution in [-0.2, 0) is 4.79 Å². The van der Waals surface area contributed by atoms with E-state index >= 15 is 0 Å². The van der Waals surface area contributed by atoms with Gasteiger partial charge < -0.3 is 14.8 Å². The van der Waals surface area contributed by atoms with Gasteiger partial charge in [-0.1, -0.05) is 47.2 Å². The monoisotopic (exact) mass is 425 g/mol. The number of carbonyl (C=O) groups excluding carboxylic acids is 1. The molecule has 1 fully saturated rings. The Morgan fingerprint density at radius 3 is 2.31 bits per heavy atom. The first-order valence-electron chi connectivity index (χ1n) is 7.38. The number of carbonyl (C=O) groups is 1. The molecule has 0 saturated carbocycles. The zero-order valence-electron chi connectivity index (χ0n) is 13.8. The van der Waals surface area contributed by atoms with E-state index in [1.54, 1.807) is 44.6 Å². The highest BCUT2D eigenvalue weighted by atomic mass is 35.5. The zero-order valence-corrected chi connectivity index (χ0v) is 16.9. The number of hydrogen-bond acceptors (Lipinski definition) is 5. The number of halogens is 2. The first kappa shape index (κ1) is 19.0. The lowest BCUT2D eigenvalue weighted by molar-refractivity contribution is -0.115. The Morgan fingerprint density at radius 2 is 1.77 bits per heavy atom. The van der Waals surface area contributed by atoms with Crippen LogP contribution >= 0.6 is 47.2 Å². The van der Waals surface area contributed by atoms with Gasteiger partial charge in [0.15, 0.2) is 11.5 Å². The van der Waals surface area contributed by atoms with Crippen molar-refractivity contribution in [3.8, 4) is 22.6 Å². The predicted octanol–water partition coefficient (Wildman–Crippen LogP) is 5.17. The van der Waals surface area contributed by atoms with E-state index in [2.05, 4.69) is 5.32 Å². The Morgan fingerprint density at radius 1 is 1.08 bits per heavy atom. The van der Waals surface area contributed by atoms with Crippen molar-refractivity contribution in [2.45, 2.75) is 0 Å². The number of nitrogens with one attached hydrogen (secondary N) is 1. The van der Waals surface area contributed by atoms with Gasteiger partial charge >= 0.3 is 0 Å². The van der Waals surface area contributed by atoms with Crippen LogP contribution in [0.3, 0.4) is 0 Å². The molecule has 2 aromatic rings. The van der Waals surface area contributed by atoms with E-state index in [-0.39, 0.29) is 5.91 Å². The minimum Gasteiger partial charge on any atom is -0.493 e. The third-order valence-electron chi connectivity index (χ3n) is 3.61. The number of ether oxygens (including phenoxy) is 2. The number of amides is 1. The molecule has 1 heterocycles. The molecule has 4 nitrogen and oxygen atoms in total. The summed E-state index contributed by atoms with van der Waals surface area (Å²) < 4.78 is 11.4. The lowest BCUT2D eigenvalue weighted by Crippen LogP contribution is -2.17. The fourth-order valence-corrected chi connectivity index (χ4v) is 4.14. The maximum atomic E-state index is 11.9. The third kappa shape index (κ3) is 3.99. The number of hydrogen-bond donors (Lipinski definition) is 1. The molecule has 2 aromatic carbocycles. The van der Waals surface area contributed by atoms with Crippen molar-refractivity contribution in [1.82, 2.24) is 5.32 Å². The van der Waals surface area contributed by atoms with Crippen LogP contribution in [0.5, 0.6) is 11.5 Å². The SMILES string of the molecule is COc1cc(C=C2SC(=S)NC2=O)cc(-c2cc(Cl)cc(Cl)c2)c1OC. The number of thioether (sulfide) groups is 1. The highest BCUT2D eigenvalue weighted by Gasteiger charge is 2.23. The van der Waals surface area contributed by atoms with Crippen LogP contribution < -0.4 is 14.8 Å². The highest BCUT2D eigenvalue weighted by molar-refractivity contribution is 8.26. The summed E-state index contributed by atoms with van der Waals surface area (Å²) in [6.45, 7) is 0. The van der Waals surface area contributed by atoms with Crippen molar-refractivity contribution >= 4 is 63.5 Å². The minimum absolute atomic E-state index is 0.220. The first-order chi connectivity index (χ1) is 12.4. The standard InChI is InChI=1S/C18H13Cl2NO3S2/c1-23-14-4-9(5-15-17(22)21-18(25)26-15)3-13(16(14)24-2)10-6-11(19)8-12(20)7-10/h3-8H,1-2H3,(H,21,22,25). The van der Waals surface area contributed by atoms with Crippen molar-refractivity contribution in [2.24, 2.45) is 0 Å². The Bertz CT molecular complexity index is 924. The molecule has 3 rings (SSSR count). The smallest absolute Gasteiger partial charge is 0.263 e. The fourth-order valence-electron chi connectivity index (χ4n) is 2.57. The van der Waals surface area contributed by atoms with Crippen LogP contribution in [-0.4, -0.2) is 24.4 Å². The number of methoxy groups -OCH3 is 2. The second kappa shape index (κ2) is 7.88. The Labute approximate surface area is 170 Å². The van der Waals surface area contributed by atoms with Crippen molar-refractivity contribution in [1.29, 1.82) is 0 Å². The van der Waals surface area contributed by atoms with Gasteiger partial charge in [-0.2, -0.15) is 0 Å². The molecule has 0 spiro atoms. The van der Waals surface area contributed by atoms with Crippen molar-refractivity contribution in [3.63, 3.8) is 0 Å². The molecule has 0 aromatic heterocycles. The van der Waals surface area contributed by atoms with Gasteiger partial charge in [0.1, 0.15) is 4.32 Å². The first-order valence-corrected chi connectivity index (χ1v) is 9.36. The molecule has 1 saturated heterocycles. The topological polar surface area (TPSA) is 47.6 Å². The predicted molar refractivity (Wildman–Crippen MR) is 111 cm³/mol. The largest absolute Gasteiger partial charge is 0.493 e. The molecule has 0 atom stereocenters. The Balaban J connectivity index is 2.18. The molecule has 134 valence electrons. The fraction of sp³-hybridized carbons (Fsp3) is 0.111. The van der Waals surface area contributed by atoms with Crippen molar-refractivity contribution < 1.29 is 14.3 Å².